The lowest BCUT2D eigenvalue weighted by atomic mass is 10.1. The summed E-state index contributed by atoms with van der Waals surface area (Å²) in [6, 6.07) is 31.8. The van der Waals surface area contributed by atoms with Crippen LogP contribution in [0.25, 0.3) is 22.2 Å². The van der Waals surface area contributed by atoms with Crippen LogP contribution in [0, 0.1) is 11.3 Å². The highest BCUT2D eigenvalue weighted by Gasteiger charge is 2.19. The van der Waals surface area contributed by atoms with Crippen molar-refractivity contribution in [1.29, 1.82) is 5.26 Å². The van der Waals surface area contributed by atoms with Crippen LogP contribution in [0.15, 0.2) is 97.1 Å². The first-order valence-electron chi connectivity index (χ1n) is 12.2. The number of ether oxygens (including phenoxy) is 2. The maximum atomic E-state index is 12.7. The predicted molar refractivity (Wildman–Crippen MR) is 150 cm³/mol. The summed E-state index contributed by atoms with van der Waals surface area (Å²) in [6.45, 7) is 2.71. The number of aromatic nitrogens is 1. The third kappa shape index (κ3) is 5.01. The summed E-state index contributed by atoms with van der Waals surface area (Å²) >= 11 is 0. The number of urea groups is 1. The van der Waals surface area contributed by atoms with Crippen molar-refractivity contribution in [3.63, 3.8) is 0 Å². The SMILES string of the molecule is CCn1c(-c2cccc(NC(=O)Nc3ccc(Oc4ccccc4)cc3)c2)c(C#N)c2ccc(OC)cc21. The quantitative estimate of drug-likeness (QED) is 0.239. The number of carbonyl (C=O) groups excluding carboxylic acids is 1. The first-order chi connectivity index (χ1) is 18.6. The summed E-state index contributed by atoms with van der Waals surface area (Å²) in [7, 11) is 1.62. The van der Waals surface area contributed by atoms with Crippen molar-refractivity contribution in [2.45, 2.75) is 13.5 Å². The van der Waals surface area contributed by atoms with E-state index in [1.807, 2.05) is 79.7 Å². The normalized spacial score (nSPS) is 10.6. The van der Waals surface area contributed by atoms with E-state index in [9.17, 15) is 10.1 Å². The number of fused-ring (bicyclic) bond motifs is 1. The average Bonchev–Trinajstić information content (AvgIpc) is 3.27. The van der Waals surface area contributed by atoms with Crippen molar-refractivity contribution in [1.82, 2.24) is 4.57 Å². The predicted octanol–water partition coefficient (Wildman–Crippen LogP) is 7.64. The van der Waals surface area contributed by atoms with Crippen molar-refractivity contribution in [3.05, 3.63) is 103 Å². The summed E-state index contributed by atoms with van der Waals surface area (Å²) in [5.74, 6) is 2.14. The Morgan fingerprint density at radius 3 is 2.26 bits per heavy atom. The Hall–Kier alpha value is -5.22. The third-order valence-electron chi connectivity index (χ3n) is 6.18. The van der Waals surface area contributed by atoms with Crippen molar-refractivity contribution < 1.29 is 14.3 Å². The van der Waals surface area contributed by atoms with Gasteiger partial charge in [-0.05, 0) is 67.6 Å². The number of benzene rings is 4. The van der Waals surface area contributed by atoms with E-state index >= 15 is 0 Å². The second-order valence-electron chi connectivity index (χ2n) is 8.56. The number of nitrogens with zero attached hydrogens (tertiary/aromatic N) is 2. The van der Waals surface area contributed by atoms with Crippen molar-refractivity contribution in [2.24, 2.45) is 0 Å². The fourth-order valence-electron chi connectivity index (χ4n) is 4.47. The molecule has 188 valence electrons. The van der Waals surface area contributed by atoms with Crippen LogP contribution in [0.1, 0.15) is 12.5 Å². The number of hydrogen-bond acceptors (Lipinski definition) is 4. The number of hydrogen-bond donors (Lipinski definition) is 2. The highest BCUT2D eigenvalue weighted by Crippen LogP contribution is 2.36. The van der Waals surface area contributed by atoms with E-state index in [0.717, 1.165) is 33.7 Å². The number of methoxy groups -OCH3 is 1. The van der Waals surface area contributed by atoms with Gasteiger partial charge in [0.25, 0.3) is 0 Å². The van der Waals surface area contributed by atoms with Gasteiger partial charge in [-0.25, -0.2) is 4.79 Å². The molecule has 0 spiro atoms. The molecule has 2 amide bonds. The minimum absolute atomic E-state index is 0.375. The summed E-state index contributed by atoms with van der Waals surface area (Å²) in [4.78, 5) is 12.7. The molecule has 38 heavy (non-hydrogen) atoms. The van der Waals surface area contributed by atoms with Crippen molar-refractivity contribution in [2.75, 3.05) is 17.7 Å². The van der Waals surface area contributed by atoms with E-state index in [-0.39, 0.29) is 6.03 Å². The van der Waals surface area contributed by atoms with Gasteiger partial charge < -0.3 is 24.7 Å². The Labute approximate surface area is 220 Å². The molecule has 0 bridgehead atoms. The van der Waals surface area contributed by atoms with Gasteiger partial charge in [0.05, 0.1) is 23.9 Å². The largest absolute Gasteiger partial charge is 0.497 e. The number of aryl methyl sites for hydroxylation is 1. The molecule has 0 atom stereocenters. The van der Waals surface area contributed by atoms with Gasteiger partial charge in [0.1, 0.15) is 23.3 Å². The fraction of sp³-hybridized carbons (Fsp3) is 0.0968. The maximum absolute atomic E-state index is 12.7. The van der Waals surface area contributed by atoms with E-state index < -0.39 is 0 Å². The first kappa shape index (κ1) is 24.5. The molecule has 2 N–H and O–H groups in total. The van der Waals surface area contributed by atoms with E-state index in [4.69, 9.17) is 9.47 Å². The molecular weight excluding hydrogens is 476 g/mol. The van der Waals surface area contributed by atoms with Gasteiger partial charge in [-0.1, -0.05) is 30.3 Å². The second kappa shape index (κ2) is 10.8. The van der Waals surface area contributed by atoms with Crippen LogP contribution in [-0.4, -0.2) is 17.7 Å². The highest BCUT2D eigenvalue weighted by molar-refractivity contribution is 6.01. The Morgan fingerprint density at radius 1 is 0.842 bits per heavy atom. The standard InChI is InChI=1S/C31H26N4O3/c1-3-35-29-19-26(37-2)16-17-27(29)28(20-32)30(35)21-8-7-9-23(18-21)34-31(36)33-22-12-14-25(15-13-22)38-24-10-5-4-6-11-24/h4-19H,3H2,1-2H3,(H2,33,34,36). The number of nitriles is 1. The number of amides is 2. The third-order valence-corrected chi connectivity index (χ3v) is 6.18. The van der Waals surface area contributed by atoms with Gasteiger partial charge >= 0.3 is 6.03 Å². The lowest BCUT2D eigenvalue weighted by Crippen LogP contribution is -2.19. The minimum Gasteiger partial charge on any atom is -0.497 e. The molecule has 0 aliphatic carbocycles. The van der Waals surface area contributed by atoms with Gasteiger partial charge in [-0.15, -0.1) is 0 Å². The zero-order valence-electron chi connectivity index (χ0n) is 21.1. The molecule has 0 radical (unpaired) electrons. The molecule has 0 saturated carbocycles. The van der Waals surface area contributed by atoms with Crippen LogP contribution in [0.2, 0.25) is 0 Å². The minimum atomic E-state index is -0.375. The van der Waals surface area contributed by atoms with E-state index in [0.29, 0.717) is 29.2 Å². The van der Waals surface area contributed by atoms with Crippen molar-refractivity contribution >= 4 is 28.3 Å². The molecule has 0 fully saturated rings. The molecule has 0 aliphatic rings. The van der Waals surface area contributed by atoms with Crippen LogP contribution in [0.5, 0.6) is 17.2 Å². The molecule has 4 aromatic carbocycles. The summed E-state index contributed by atoms with van der Waals surface area (Å²) in [5.41, 5.74) is 4.39. The molecule has 0 saturated heterocycles. The molecule has 1 aromatic heterocycles. The molecule has 1 heterocycles. The topological polar surface area (TPSA) is 88.3 Å². The molecule has 5 rings (SSSR count). The number of nitrogens with one attached hydrogen (secondary N) is 2. The smallest absolute Gasteiger partial charge is 0.323 e. The van der Waals surface area contributed by atoms with E-state index in [1.165, 1.54) is 0 Å². The molecule has 7 nitrogen and oxygen atoms in total. The lowest BCUT2D eigenvalue weighted by molar-refractivity contribution is 0.262. The van der Waals surface area contributed by atoms with Gasteiger partial charge in [-0.3, -0.25) is 0 Å². The van der Waals surface area contributed by atoms with Gasteiger partial charge in [0.2, 0.25) is 0 Å². The molecule has 0 aliphatic heterocycles. The zero-order valence-corrected chi connectivity index (χ0v) is 21.1. The van der Waals surface area contributed by atoms with Crippen LogP contribution in [0.4, 0.5) is 16.2 Å². The summed E-state index contributed by atoms with van der Waals surface area (Å²) in [6.07, 6.45) is 0. The van der Waals surface area contributed by atoms with Crippen LogP contribution < -0.4 is 20.1 Å². The average molecular weight is 503 g/mol. The summed E-state index contributed by atoms with van der Waals surface area (Å²) in [5, 5.41) is 16.6. The lowest BCUT2D eigenvalue weighted by Gasteiger charge is -2.12. The van der Waals surface area contributed by atoms with Crippen molar-refractivity contribution in [3.8, 4) is 34.6 Å². The van der Waals surface area contributed by atoms with Gasteiger partial charge in [0.15, 0.2) is 0 Å². The first-order valence-corrected chi connectivity index (χ1v) is 12.2. The molecule has 7 heteroatoms. The van der Waals surface area contributed by atoms with Crippen LogP contribution in [-0.2, 0) is 6.54 Å². The fourth-order valence-corrected chi connectivity index (χ4v) is 4.47. The Bertz CT molecular complexity index is 1630. The molecule has 0 unspecified atom stereocenters. The maximum Gasteiger partial charge on any atom is 0.323 e. The summed E-state index contributed by atoms with van der Waals surface area (Å²) < 4.78 is 13.3. The van der Waals surface area contributed by atoms with Gasteiger partial charge in [-0.2, -0.15) is 5.26 Å². The Morgan fingerprint density at radius 2 is 1.55 bits per heavy atom. The second-order valence-corrected chi connectivity index (χ2v) is 8.56. The number of rotatable bonds is 7. The van der Waals surface area contributed by atoms with Gasteiger partial charge in [0, 0.05) is 34.9 Å². The number of para-hydroxylation sites is 1. The number of carbonyl (C=O) groups is 1. The monoisotopic (exact) mass is 502 g/mol. The zero-order chi connectivity index (χ0) is 26.5. The Kier molecular flexibility index (Phi) is 6.96. The van der Waals surface area contributed by atoms with Crippen LogP contribution >= 0.6 is 0 Å². The number of anilines is 2. The van der Waals surface area contributed by atoms with E-state index in [1.54, 1.807) is 31.4 Å². The highest BCUT2D eigenvalue weighted by atomic mass is 16.5. The molecule has 5 aromatic rings. The molecular formula is C31H26N4O3. The van der Waals surface area contributed by atoms with Crippen LogP contribution in [0.3, 0.4) is 0 Å². The van der Waals surface area contributed by atoms with E-state index in [2.05, 4.69) is 21.3 Å². The Balaban J connectivity index is 1.35.